The number of nitrogens with one attached hydrogen (secondary N) is 1. The first-order valence-electron chi connectivity index (χ1n) is 11.0. The van der Waals surface area contributed by atoms with Crippen molar-refractivity contribution in [2.24, 2.45) is 0 Å². The molecule has 0 fully saturated rings. The molecule has 0 aliphatic rings. The molecule has 1 heterocycles. The van der Waals surface area contributed by atoms with Crippen LogP contribution in [0.25, 0.3) is 22.6 Å². The van der Waals surface area contributed by atoms with Gasteiger partial charge in [-0.25, -0.2) is 4.98 Å². The van der Waals surface area contributed by atoms with Gasteiger partial charge in [0.2, 0.25) is 11.8 Å². The number of anilines is 1. The van der Waals surface area contributed by atoms with Gasteiger partial charge in [-0.05, 0) is 66.4 Å². The van der Waals surface area contributed by atoms with E-state index in [1.54, 1.807) is 0 Å². The maximum atomic E-state index is 13.4. The predicted octanol–water partition coefficient (Wildman–Crippen LogP) is 6.88. The summed E-state index contributed by atoms with van der Waals surface area (Å²) >= 11 is 0. The fraction of sp³-hybridized carbons (Fsp3) is 0.103. The number of carbonyl (C=O) groups excluding carboxylic acids is 1. The molecule has 5 rings (SSSR count). The number of aryl methyl sites for hydroxylation is 2. The second kappa shape index (κ2) is 8.75. The van der Waals surface area contributed by atoms with Gasteiger partial charge in [0.25, 0.3) is 0 Å². The molecular formula is C29H24N2O2. The highest BCUT2D eigenvalue weighted by molar-refractivity contribution is 5.99. The second-order valence-corrected chi connectivity index (χ2v) is 8.24. The highest BCUT2D eigenvalue weighted by Crippen LogP contribution is 2.29. The molecule has 0 saturated heterocycles. The lowest BCUT2D eigenvalue weighted by molar-refractivity contribution is -0.116. The van der Waals surface area contributed by atoms with Gasteiger partial charge in [0.1, 0.15) is 5.52 Å². The molecule has 0 saturated carbocycles. The minimum atomic E-state index is -0.411. The Bertz CT molecular complexity index is 1380. The lowest BCUT2D eigenvalue weighted by atomic mass is 9.90. The first-order valence-corrected chi connectivity index (χ1v) is 11.0. The fourth-order valence-electron chi connectivity index (χ4n) is 4.00. The standard InChI is InChI=1S/C29H24N2O2/c1-19-13-14-23(17-20(19)2)29-31-25-18-24(15-16-26(25)33-29)30-28(32)27(21-9-5-3-6-10-21)22-11-7-4-8-12-22/h3-18,27H,1-2H3,(H,30,32). The van der Waals surface area contributed by atoms with Gasteiger partial charge >= 0.3 is 0 Å². The van der Waals surface area contributed by atoms with Crippen LogP contribution in [-0.4, -0.2) is 10.9 Å². The van der Waals surface area contributed by atoms with Crippen molar-refractivity contribution in [3.05, 3.63) is 119 Å². The van der Waals surface area contributed by atoms with Crippen molar-refractivity contribution < 1.29 is 9.21 Å². The van der Waals surface area contributed by atoms with Gasteiger partial charge in [-0.2, -0.15) is 0 Å². The Kier molecular flexibility index (Phi) is 5.49. The van der Waals surface area contributed by atoms with Crippen molar-refractivity contribution in [1.82, 2.24) is 4.98 Å². The minimum absolute atomic E-state index is 0.0929. The Labute approximate surface area is 192 Å². The van der Waals surface area contributed by atoms with E-state index in [2.05, 4.69) is 36.3 Å². The molecule has 4 aromatic carbocycles. The second-order valence-electron chi connectivity index (χ2n) is 8.24. The fourth-order valence-corrected chi connectivity index (χ4v) is 4.00. The third-order valence-corrected chi connectivity index (χ3v) is 5.94. The predicted molar refractivity (Wildman–Crippen MR) is 132 cm³/mol. The van der Waals surface area contributed by atoms with Crippen LogP contribution in [0.1, 0.15) is 28.2 Å². The molecule has 0 aliphatic carbocycles. The number of nitrogens with zero attached hydrogens (tertiary/aromatic N) is 1. The van der Waals surface area contributed by atoms with Crippen molar-refractivity contribution in [2.75, 3.05) is 5.32 Å². The van der Waals surface area contributed by atoms with Gasteiger partial charge < -0.3 is 9.73 Å². The Morgan fingerprint density at radius 3 is 2.09 bits per heavy atom. The lowest BCUT2D eigenvalue weighted by Crippen LogP contribution is -2.22. The van der Waals surface area contributed by atoms with Gasteiger partial charge in [0.15, 0.2) is 5.58 Å². The quantitative estimate of drug-likeness (QED) is 0.329. The average molecular weight is 433 g/mol. The molecule has 4 nitrogen and oxygen atoms in total. The largest absolute Gasteiger partial charge is 0.436 e. The highest BCUT2D eigenvalue weighted by atomic mass is 16.3. The molecular weight excluding hydrogens is 408 g/mol. The van der Waals surface area contributed by atoms with Crippen molar-refractivity contribution in [2.45, 2.75) is 19.8 Å². The zero-order chi connectivity index (χ0) is 22.8. The van der Waals surface area contributed by atoms with E-state index in [1.807, 2.05) is 84.9 Å². The average Bonchev–Trinajstić information content (AvgIpc) is 3.26. The number of amides is 1. The van der Waals surface area contributed by atoms with Gasteiger partial charge in [0.05, 0.1) is 5.92 Å². The van der Waals surface area contributed by atoms with E-state index in [4.69, 9.17) is 4.42 Å². The number of benzene rings is 4. The molecule has 0 unspecified atom stereocenters. The van der Waals surface area contributed by atoms with E-state index >= 15 is 0 Å². The van der Waals surface area contributed by atoms with Crippen LogP contribution in [0.2, 0.25) is 0 Å². The van der Waals surface area contributed by atoms with Gasteiger partial charge in [-0.1, -0.05) is 66.7 Å². The number of hydrogen-bond acceptors (Lipinski definition) is 3. The maximum absolute atomic E-state index is 13.4. The van der Waals surface area contributed by atoms with Crippen LogP contribution in [0.5, 0.6) is 0 Å². The number of oxazole rings is 1. The van der Waals surface area contributed by atoms with E-state index in [-0.39, 0.29) is 5.91 Å². The van der Waals surface area contributed by atoms with Crippen LogP contribution in [0.15, 0.2) is 101 Å². The summed E-state index contributed by atoms with van der Waals surface area (Å²) in [5.41, 5.74) is 7.32. The molecule has 5 aromatic rings. The molecule has 0 aliphatic heterocycles. The molecule has 0 radical (unpaired) electrons. The molecule has 1 N–H and O–H groups in total. The Morgan fingerprint density at radius 2 is 1.45 bits per heavy atom. The van der Waals surface area contributed by atoms with Crippen LogP contribution in [-0.2, 0) is 4.79 Å². The SMILES string of the molecule is Cc1ccc(-c2nc3cc(NC(=O)C(c4ccccc4)c4ccccc4)ccc3o2)cc1C. The third-order valence-electron chi connectivity index (χ3n) is 5.94. The van der Waals surface area contributed by atoms with Gasteiger partial charge in [-0.15, -0.1) is 0 Å². The molecule has 162 valence electrons. The van der Waals surface area contributed by atoms with Crippen LogP contribution in [0.4, 0.5) is 5.69 Å². The smallest absolute Gasteiger partial charge is 0.236 e. The Hall–Kier alpha value is -4.18. The number of rotatable bonds is 5. The topological polar surface area (TPSA) is 55.1 Å². The summed E-state index contributed by atoms with van der Waals surface area (Å²) < 4.78 is 5.97. The van der Waals surface area contributed by atoms with Crippen molar-refractivity contribution >= 4 is 22.7 Å². The van der Waals surface area contributed by atoms with Crippen LogP contribution >= 0.6 is 0 Å². The van der Waals surface area contributed by atoms with Gasteiger partial charge in [0, 0.05) is 11.3 Å². The first-order chi connectivity index (χ1) is 16.1. The summed E-state index contributed by atoms with van der Waals surface area (Å²) in [5, 5.41) is 3.08. The monoisotopic (exact) mass is 432 g/mol. The number of carbonyl (C=O) groups is 1. The van der Waals surface area contributed by atoms with E-state index in [0.29, 0.717) is 22.7 Å². The van der Waals surface area contributed by atoms with E-state index in [1.165, 1.54) is 11.1 Å². The van der Waals surface area contributed by atoms with Crippen LogP contribution in [0.3, 0.4) is 0 Å². The summed E-state index contributed by atoms with van der Waals surface area (Å²) in [6.45, 7) is 4.16. The van der Waals surface area contributed by atoms with Crippen LogP contribution < -0.4 is 5.32 Å². The summed E-state index contributed by atoms with van der Waals surface area (Å²) in [6, 6.07) is 31.4. The van der Waals surface area contributed by atoms with Crippen molar-refractivity contribution in [3.8, 4) is 11.5 Å². The summed E-state index contributed by atoms with van der Waals surface area (Å²) in [4.78, 5) is 18.1. The third kappa shape index (κ3) is 4.28. The highest BCUT2D eigenvalue weighted by Gasteiger charge is 2.23. The Morgan fingerprint density at radius 1 is 0.788 bits per heavy atom. The van der Waals surface area contributed by atoms with Crippen molar-refractivity contribution in [3.63, 3.8) is 0 Å². The summed E-state index contributed by atoms with van der Waals surface area (Å²) in [7, 11) is 0. The molecule has 0 spiro atoms. The number of fused-ring (bicyclic) bond motifs is 1. The summed E-state index contributed by atoms with van der Waals surface area (Å²) in [5.74, 6) is 0.0687. The van der Waals surface area contributed by atoms with E-state index < -0.39 is 5.92 Å². The van der Waals surface area contributed by atoms with Gasteiger partial charge in [-0.3, -0.25) is 4.79 Å². The summed E-state index contributed by atoms with van der Waals surface area (Å²) in [6.07, 6.45) is 0. The maximum Gasteiger partial charge on any atom is 0.236 e. The molecule has 1 aromatic heterocycles. The number of aromatic nitrogens is 1. The zero-order valence-corrected chi connectivity index (χ0v) is 18.6. The normalized spacial score (nSPS) is 11.1. The Balaban J connectivity index is 1.45. The van der Waals surface area contributed by atoms with Crippen LogP contribution in [0, 0.1) is 13.8 Å². The minimum Gasteiger partial charge on any atom is -0.436 e. The molecule has 33 heavy (non-hydrogen) atoms. The molecule has 0 atom stereocenters. The van der Waals surface area contributed by atoms with E-state index in [0.717, 1.165) is 16.7 Å². The number of hydrogen-bond donors (Lipinski definition) is 1. The molecule has 1 amide bonds. The zero-order valence-electron chi connectivity index (χ0n) is 18.6. The first kappa shape index (κ1) is 20.7. The lowest BCUT2D eigenvalue weighted by Gasteiger charge is -2.18. The molecule has 4 heteroatoms. The van der Waals surface area contributed by atoms with Crippen molar-refractivity contribution in [1.29, 1.82) is 0 Å². The van der Waals surface area contributed by atoms with E-state index in [9.17, 15) is 4.79 Å². The molecule has 0 bridgehead atoms.